The zero-order valence-electron chi connectivity index (χ0n) is 12.9. The fraction of sp³-hybridized carbons (Fsp3) is 0.769. The maximum atomic E-state index is 4.20. The highest BCUT2D eigenvalue weighted by Crippen LogP contribution is 1.96. The van der Waals surface area contributed by atoms with Gasteiger partial charge in [0.2, 0.25) is 0 Å². The molecular weight excluding hydrogens is 367 g/mol. The highest BCUT2D eigenvalue weighted by atomic mass is 127. The van der Waals surface area contributed by atoms with Crippen LogP contribution in [0.5, 0.6) is 0 Å². The van der Waals surface area contributed by atoms with Gasteiger partial charge in [-0.1, -0.05) is 20.8 Å². The van der Waals surface area contributed by atoms with Crippen molar-refractivity contribution in [2.75, 3.05) is 20.1 Å². The Labute approximate surface area is 138 Å². The molecule has 7 heteroatoms. The zero-order chi connectivity index (χ0) is 14.1. The molecule has 116 valence electrons. The second-order valence-electron chi connectivity index (χ2n) is 4.90. The van der Waals surface area contributed by atoms with Crippen molar-refractivity contribution in [3.8, 4) is 0 Å². The van der Waals surface area contributed by atoms with Crippen molar-refractivity contribution in [3.63, 3.8) is 0 Å². The lowest BCUT2D eigenvalue weighted by Crippen LogP contribution is -2.39. The van der Waals surface area contributed by atoms with Crippen LogP contribution in [0.4, 0.5) is 0 Å². The Kier molecular flexibility index (Phi) is 10.4. The first-order valence-electron chi connectivity index (χ1n) is 6.98. The molecule has 0 aliphatic heterocycles. The van der Waals surface area contributed by atoms with E-state index in [9.17, 15) is 0 Å². The van der Waals surface area contributed by atoms with Gasteiger partial charge in [-0.2, -0.15) is 0 Å². The fourth-order valence-corrected chi connectivity index (χ4v) is 1.73. The van der Waals surface area contributed by atoms with Gasteiger partial charge in [0.05, 0.1) is 0 Å². The monoisotopic (exact) mass is 394 g/mol. The summed E-state index contributed by atoms with van der Waals surface area (Å²) in [4.78, 5) is 4.20. The molecule has 0 unspecified atom stereocenters. The summed E-state index contributed by atoms with van der Waals surface area (Å²) in [6.45, 7) is 9.13. The highest BCUT2D eigenvalue weighted by molar-refractivity contribution is 14.0. The number of hydrogen-bond acceptors (Lipinski definition) is 3. The minimum atomic E-state index is 0. The molecule has 0 saturated carbocycles. The van der Waals surface area contributed by atoms with E-state index in [1.807, 2.05) is 0 Å². The number of halogens is 1. The SMILES string of the molecule is CCc1nncn1CCNC(=NC)NCCC(C)C.I. The average Bonchev–Trinajstić information content (AvgIpc) is 2.84. The van der Waals surface area contributed by atoms with Crippen molar-refractivity contribution in [2.24, 2.45) is 10.9 Å². The van der Waals surface area contributed by atoms with Gasteiger partial charge in [0, 0.05) is 33.1 Å². The molecule has 1 rings (SSSR count). The lowest BCUT2D eigenvalue weighted by Gasteiger charge is -2.13. The summed E-state index contributed by atoms with van der Waals surface area (Å²) in [6.07, 6.45) is 3.82. The lowest BCUT2D eigenvalue weighted by molar-refractivity contribution is 0.570. The molecule has 0 saturated heterocycles. The molecule has 0 amide bonds. The number of rotatable bonds is 7. The molecule has 0 fully saturated rings. The van der Waals surface area contributed by atoms with Crippen LogP contribution in [0.15, 0.2) is 11.3 Å². The largest absolute Gasteiger partial charge is 0.356 e. The van der Waals surface area contributed by atoms with Crippen molar-refractivity contribution < 1.29 is 0 Å². The Balaban J connectivity index is 0.00000361. The predicted molar refractivity (Wildman–Crippen MR) is 93.6 cm³/mol. The number of guanidine groups is 1. The molecular formula is C13H27IN6. The maximum Gasteiger partial charge on any atom is 0.191 e. The summed E-state index contributed by atoms with van der Waals surface area (Å²) in [6, 6.07) is 0. The second-order valence-corrected chi connectivity index (χ2v) is 4.90. The van der Waals surface area contributed by atoms with Gasteiger partial charge in [-0.15, -0.1) is 34.2 Å². The van der Waals surface area contributed by atoms with Crippen LogP contribution in [0.1, 0.15) is 33.0 Å². The molecule has 0 atom stereocenters. The fourth-order valence-electron chi connectivity index (χ4n) is 1.73. The van der Waals surface area contributed by atoms with Crippen molar-refractivity contribution in [2.45, 2.75) is 40.2 Å². The van der Waals surface area contributed by atoms with Gasteiger partial charge in [-0.3, -0.25) is 4.99 Å². The van der Waals surface area contributed by atoms with Crippen LogP contribution in [0.3, 0.4) is 0 Å². The summed E-state index contributed by atoms with van der Waals surface area (Å²) in [5.74, 6) is 2.58. The summed E-state index contributed by atoms with van der Waals surface area (Å²) < 4.78 is 2.06. The summed E-state index contributed by atoms with van der Waals surface area (Å²) in [7, 11) is 1.79. The van der Waals surface area contributed by atoms with Gasteiger partial charge >= 0.3 is 0 Å². The smallest absolute Gasteiger partial charge is 0.191 e. The number of nitrogens with one attached hydrogen (secondary N) is 2. The summed E-state index contributed by atoms with van der Waals surface area (Å²) in [5, 5.41) is 14.6. The van der Waals surface area contributed by atoms with Crippen LogP contribution in [-0.4, -0.2) is 40.9 Å². The Morgan fingerprint density at radius 3 is 2.65 bits per heavy atom. The topological polar surface area (TPSA) is 67.1 Å². The number of aryl methyl sites for hydroxylation is 1. The van der Waals surface area contributed by atoms with E-state index in [4.69, 9.17) is 0 Å². The van der Waals surface area contributed by atoms with Crippen molar-refractivity contribution in [1.82, 2.24) is 25.4 Å². The molecule has 0 aliphatic rings. The summed E-state index contributed by atoms with van der Waals surface area (Å²) >= 11 is 0. The predicted octanol–water partition coefficient (Wildman–Crippen LogP) is 1.67. The van der Waals surface area contributed by atoms with E-state index < -0.39 is 0 Å². The second kappa shape index (κ2) is 10.9. The lowest BCUT2D eigenvalue weighted by atomic mass is 10.1. The van der Waals surface area contributed by atoms with E-state index in [1.54, 1.807) is 13.4 Å². The molecule has 20 heavy (non-hydrogen) atoms. The van der Waals surface area contributed by atoms with Gasteiger partial charge in [0.25, 0.3) is 0 Å². The molecule has 0 radical (unpaired) electrons. The molecule has 2 N–H and O–H groups in total. The zero-order valence-corrected chi connectivity index (χ0v) is 15.2. The molecule has 0 spiro atoms. The first-order chi connectivity index (χ1) is 9.17. The van der Waals surface area contributed by atoms with E-state index in [1.165, 1.54) is 0 Å². The van der Waals surface area contributed by atoms with Crippen LogP contribution in [0.2, 0.25) is 0 Å². The third-order valence-corrected chi connectivity index (χ3v) is 2.89. The van der Waals surface area contributed by atoms with Crippen LogP contribution in [0, 0.1) is 5.92 Å². The molecule has 0 aromatic carbocycles. The van der Waals surface area contributed by atoms with Gasteiger partial charge in [-0.25, -0.2) is 0 Å². The number of nitrogens with zero attached hydrogens (tertiary/aromatic N) is 4. The standard InChI is InChI=1S/C13H26N6.HI/c1-5-12-18-17-10-19(12)9-8-16-13(14-4)15-7-6-11(2)3;/h10-11H,5-9H2,1-4H3,(H2,14,15,16);1H. The van der Waals surface area contributed by atoms with Crippen molar-refractivity contribution >= 4 is 29.9 Å². The maximum absolute atomic E-state index is 4.20. The van der Waals surface area contributed by atoms with Gasteiger partial charge in [0.1, 0.15) is 12.2 Å². The van der Waals surface area contributed by atoms with Crippen LogP contribution >= 0.6 is 24.0 Å². The van der Waals surface area contributed by atoms with Crippen LogP contribution < -0.4 is 10.6 Å². The van der Waals surface area contributed by atoms with Crippen molar-refractivity contribution in [1.29, 1.82) is 0 Å². The average molecular weight is 394 g/mol. The van der Waals surface area contributed by atoms with Gasteiger partial charge in [0.15, 0.2) is 5.96 Å². The van der Waals surface area contributed by atoms with Gasteiger partial charge < -0.3 is 15.2 Å². The molecule has 6 nitrogen and oxygen atoms in total. The van der Waals surface area contributed by atoms with E-state index >= 15 is 0 Å². The first kappa shape index (κ1) is 19.1. The number of aliphatic imine (C=N–C) groups is 1. The minimum absolute atomic E-state index is 0. The van der Waals surface area contributed by atoms with E-state index in [-0.39, 0.29) is 24.0 Å². The van der Waals surface area contributed by atoms with Crippen LogP contribution in [0.25, 0.3) is 0 Å². The third kappa shape index (κ3) is 7.06. The Hall–Kier alpha value is -0.860. The Morgan fingerprint density at radius 2 is 2.05 bits per heavy atom. The minimum Gasteiger partial charge on any atom is -0.356 e. The van der Waals surface area contributed by atoms with Gasteiger partial charge in [-0.05, 0) is 12.3 Å². The van der Waals surface area contributed by atoms with E-state index in [0.717, 1.165) is 44.3 Å². The molecule has 1 aromatic heterocycles. The normalized spacial score (nSPS) is 11.3. The number of hydrogen-bond donors (Lipinski definition) is 2. The molecule has 0 aliphatic carbocycles. The molecule has 1 heterocycles. The third-order valence-electron chi connectivity index (χ3n) is 2.89. The number of aromatic nitrogens is 3. The van der Waals surface area contributed by atoms with E-state index in [2.05, 4.69) is 51.2 Å². The van der Waals surface area contributed by atoms with Crippen LogP contribution in [-0.2, 0) is 13.0 Å². The molecule has 0 bridgehead atoms. The highest BCUT2D eigenvalue weighted by Gasteiger charge is 2.02. The molecule has 1 aromatic rings. The summed E-state index contributed by atoms with van der Waals surface area (Å²) in [5.41, 5.74) is 0. The van der Waals surface area contributed by atoms with Crippen molar-refractivity contribution in [3.05, 3.63) is 12.2 Å². The Bertz CT molecular complexity index is 388. The quantitative estimate of drug-likeness (QED) is 0.420. The first-order valence-corrected chi connectivity index (χ1v) is 6.98. The van der Waals surface area contributed by atoms with E-state index in [0.29, 0.717) is 5.92 Å². The Morgan fingerprint density at radius 1 is 1.35 bits per heavy atom.